The molecule has 0 spiro atoms. The second-order valence-corrected chi connectivity index (χ2v) is 7.28. The molecule has 1 N–H and O–H groups in total. The molecule has 0 aliphatic carbocycles. The van der Waals surface area contributed by atoms with Gasteiger partial charge in [-0.3, -0.25) is 4.90 Å². The van der Waals surface area contributed by atoms with Crippen molar-refractivity contribution in [3.63, 3.8) is 0 Å². The number of hydrogen-bond acceptors (Lipinski definition) is 4. The number of likely N-dealkylation sites (tertiary alicyclic amines) is 1. The number of benzene rings is 1. The van der Waals surface area contributed by atoms with Gasteiger partial charge in [-0.25, -0.2) is 4.79 Å². The van der Waals surface area contributed by atoms with E-state index in [0.717, 1.165) is 51.7 Å². The Morgan fingerprint density at radius 2 is 1.84 bits per heavy atom. The number of aliphatic hydroxyl groups is 1. The van der Waals surface area contributed by atoms with Gasteiger partial charge in [0.15, 0.2) is 5.60 Å². The van der Waals surface area contributed by atoms with Crippen LogP contribution in [0.5, 0.6) is 0 Å². The standard InChI is InChI=1S/C21H33NO3/c1-3-5-13-21(24,14-6-4-2)20(23)25-19-12-15-22(17-19)16-18-10-8-7-9-11-18/h7-11,19,24H,3-6,12-17H2,1-2H3. The van der Waals surface area contributed by atoms with Gasteiger partial charge in [0.25, 0.3) is 0 Å². The number of hydrogen-bond donors (Lipinski definition) is 1. The third-order valence-electron chi connectivity index (χ3n) is 5.02. The lowest BCUT2D eigenvalue weighted by atomic mass is 9.91. The summed E-state index contributed by atoms with van der Waals surface area (Å²) in [6.45, 7) is 6.70. The second-order valence-electron chi connectivity index (χ2n) is 7.28. The van der Waals surface area contributed by atoms with Crippen molar-refractivity contribution in [2.24, 2.45) is 0 Å². The molecule has 25 heavy (non-hydrogen) atoms. The molecule has 1 atom stereocenters. The van der Waals surface area contributed by atoms with Crippen LogP contribution in [0, 0.1) is 0 Å². The van der Waals surface area contributed by atoms with Gasteiger partial charge in [0.2, 0.25) is 0 Å². The highest BCUT2D eigenvalue weighted by atomic mass is 16.6. The average Bonchev–Trinajstić information content (AvgIpc) is 3.05. The van der Waals surface area contributed by atoms with Crippen molar-refractivity contribution in [2.75, 3.05) is 13.1 Å². The Bertz CT molecular complexity index is 509. The zero-order chi connectivity index (χ0) is 18.1. The summed E-state index contributed by atoms with van der Waals surface area (Å²) in [4.78, 5) is 14.9. The molecule has 1 fully saturated rings. The summed E-state index contributed by atoms with van der Waals surface area (Å²) in [6, 6.07) is 10.3. The molecular formula is C21H33NO3. The van der Waals surface area contributed by atoms with Crippen LogP contribution in [-0.4, -0.2) is 40.8 Å². The van der Waals surface area contributed by atoms with Crippen LogP contribution in [0.15, 0.2) is 30.3 Å². The number of unbranched alkanes of at least 4 members (excludes halogenated alkanes) is 2. The lowest BCUT2D eigenvalue weighted by molar-refractivity contribution is -0.172. The Morgan fingerprint density at radius 1 is 1.20 bits per heavy atom. The summed E-state index contributed by atoms with van der Waals surface area (Å²) in [5, 5.41) is 10.8. The van der Waals surface area contributed by atoms with E-state index in [1.807, 2.05) is 18.2 Å². The van der Waals surface area contributed by atoms with Crippen molar-refractivity contribution in [2.45, 2.75) is 77.0 Å². The van der Waals surface area contributed by atoms with Crippen LogP contribution in [0.3, 0.4) is 0 Å². The molecule has 1 unspecified atom stereocenters. The predicted octanol–water partition coefficient (Wildman–Crippen LogP) is 3.92. The minimum absolute atomic E-state index is 0.106. The topological polar surface area (TPSA) is 49.8 Å². The minimum atomic E-state index is -1.31. The van der Waals surface area contributed by atoms with Gasteiger partial charge < -0.3 is 9.84 Å². The second kappa shape index (κ2) is 9.93. The highest BCUT2D eigenvalue weighted by Crippen LogP contribution is 2.25. The lowest BCUT2D eigenvalue weighted by Gasteiger charge is -2.27. The van der Waals surface area contributed by atoms with Gasteiger partial charge in [-0.15, -0.1) is 0 Å². The quantitative estimate of drug-likeness (QED) is 0.652. The summed E-state index contributed by atoms with van der Waals surface area (Å²) in [5.74, 6) is -0.416. The van der Waals surface area contributed by atoms with Crippen LogP contribution in [0.2, 0.25) is 0 Å². The number of ether oxygens (including phenoxy) is 1. The lowest BCUT2D eigenvalue weighted by Crippen LogP contribution is -2.42. The molecule has 1 aromatic carbocycles. The van der Waals surface area contributed by atoms with E-state index in [1.165, 1.54) is 5.56 Å². The Kier molecular flexibility index (Phi) is 7.91. The summed E-state index contributed by atoms with van der Waals surface area (Å²) < 4.78 is 5.71. The van der Waals surface area contributed by atoms with Crippen molar-refractivity contribution < 1.29 is 14.6 Å². The Morgan fingerprint density at radius 3 is 2.44 bits per heavy atom. The van der Waals surface area contributed by atoms with E-state index < -0.39 is 11.6 Å². The van der Waals surface area contributed by atoms with E-state index in [1.54, 1.807) is 0 Å². The van der Waals surface area contributed by atoms with E-state index in [-0.39, 0.29) is 6.10 Å². The fourth-order valence-electron chi connectivity index (χ4n) is 3.41. The van der Waals surface area contributed by atoms with Crippen molar-refractivity contribution >= 4 is 5.97 Å². The average molecular weight is 347 g/mol. The molecule has 1 saturated heterocycles. The zero-order valence-electron chi connectivity index (χ0n) is 15.7. The molecular weight excluding hydrogens is 314 g/mol. The molecule has 2 rings (SSSR count). The van der Waals surface area contributed by atoms with Crippen LogP contribution in [0.1, 0.15) is 64.4 Å². The molecule has 140 valence electrons. The maximum absolute atomic E-state index is 12.6. The van der Waals surface area contributed by atoms with E-state index >= 15 is 0 Å². The van der Waals surface area contributed by atoms with E-state index in [2.05, 4.69) is 30.9 Å². The van der Waals surface area contributed by atoms with Crippen molar-refractivity contribution in [3.05, 3.63) is 35.9 Å². The van der Waals surface area contributed by atoms with Gasteiger partial charge in [-0.1, -0.05) is 69.9 Å². The molecule has 1 aromatic rings. The van der Waals surface area contributed by atoms with Crippen LogP contribution >= 0.6 is 0 Å². The Labute approximate surface area is 152 Å². The van der Waals surface area contributed by atoms with Gasteiger partial charge in [0.1, 0.15) is 6.10 Å². The molecule has 1 aliphatic rings. The van der Waals surface area contributed by atoms with Crippen LogP contribution in [-0.2, 0) is 16.1 Å². The Balaban J connectivity index is 1.86. The molecule has 4 nitrogen and oxygen atoms in total. The third-order valence-corrected chi connectivity index (χ3v) is 5.02. The number of esters is 1. The summed E-state index contributed by atoms with van der Waals surface area (Å²) >= 11 is 0. The molecule has 0 amide bonds. The number of carbonyl (C=O) groups is 1. The predicted molar refractivity (Wildman–Crippen MR) is 100 cm³/mol. The number of carbonyl (C=O) groups excluding carboxylic acids is 1. The SMILES string of the molecule is CCCCC(O)(CCCC)C(=O)OC1CCN(Cc2ccccc2)C1. The van der Waals surface area contributed by atoms with Crippen molar-refractivity contribution in [1.29, 1.82) is 0 Å². The van der Waals surface area contributed by atoms with Crippen LogP contribution < -0.4 is 0 Å². The monoisotopic (exact) mass is 347 g/mol. The normalized spacial score (nSPS) is 18.4. The first kappa shape index (κ1) is 19.9. The summed E-state index contributed by atoms with van der Waals surface area (Å²) in [6.07, 6.45) is 5.37. The Hall–Kier alpha value is -1.39. The first-order valence-electron chi connectivity index (χ1n) is 9.77. The fraction of sp³-hybridized carbons (Fsp3) is 0.667. The molecule has 0 saturated carbocycles. The molecule has 0 radical (unpaired) electrons. The van der Waals surface area contributed by atoms with Crippen LogP contribution in [0.4, 0.5) is 0 Å². The van der Waals surface area contributed by atoms with Crippen LogP contribution in [0.25, 0.3) is 0 Å². The largest absolute Gasteiger partial charge is 0.459 e. The van der Waals surface area contributed by atoms with Crippen molar-refractivity contribution in [1.82, 2.24) is 4.90 Å². The third kappa shape index (κ3) is 6.12. The smallest absolute Gasteiger partial charge is 0.338 e. The van der Waals surface area contributed by atoms with Gasteiger partial charge >= 0.3 is 5.97 Å². The summed E-state index contributed by atoms with van der Waals surface area (Å²) in [5.41, 5.74) is -0.0318. The highest BCUT2D eigenvalue weighted by molar-refractivity contribution is 5.79. The molecule has 0 aromatic heterocycles. The highest BCUT2D eigenvalue weighted by Gasteiger charge is 2.38. The number of rotatable bonds is 10. The van der Waals surface area contributed by atoms with E-state index in [9.17, 15) is 9.90 Å². The molecule has 1 aliphatic heterocycles. The molecule has 0 bridgehead atoms. The first-order valence-corrected chi connectivity index (χ1v) is 9.77. The van der Waals surface area contributed by atoms with Gasteiger partial charge in [-0.2, -0.15) is 0 Å². The maximum Gasteiger partial charge on any atom is 0.338 e. The molecule has 4 heteroatoms. The first-order chi connectivity index (χ1) is 12.1. The van der Waals surface area contributed by atoms with Crippen molar-refractivity contribution in [3.8, 4) is 0 Å². The minimum Gasteiger partial charge on any atom is -0.459 e. The zero-order valence-corrected chi connectivity index (χ0v) is 15.7. The van der Waals surface area contributed by atoms with Gasteiger partial charge in [0, 0.05) is 19.6 Å². The van der Waals surface area contributed by atoms with Gasteiger partial charge in [-0.05, 0) is 24.8 Å². The molecule has 1 heterocycles. The summed E-state index contributed by atoms with van der Waals surface area (Å²) in [7, 11) is 0. The number of nitrogens with zero attached hydrogens (tertiary/aromatic N) is 1. The fourth-order valence-corrected chi connectivity index (χ4v) is 3.41. The van der Waals surface area contributed by atoms with Gasteiger partial charge in [0.05, 0.1) is 0 Å². The van der Waals surface area contributed by atoms with E-state index in [0.29, 0.717) is 12.8 Å². The van der Waals surface area contributed by atoms with E-state index in [4.69, 9.17) is 4.74 Å². The maximum atomic E-state index is 12.6.